The molecule has 3 nitrogen and oxygen atoms in total. The van der Waals surface area contributed by atoms with Gasteiger partial charge in [-0.15, -0.1) is 0 Å². The molecule has 18 heavy (non-hydrogen) atoms. The fraction of sp³-hybridized carbons (Fsp3) is 0.500. The predicted molar refractivity (Wildman–Crippen MR) is 75.8 cm³/mol. The first-order chi connectivity index (χ1) is 8.49. The van der Waals surface area contributed by atoms with E-state index in [1.165, 1.54) is 0 Å². The minimum Gasteiger partial charge on any atom is -0.350 e. The van der Waals surface area contributed by atoms with Crippen LogP contribution in [0.3, 0.4) is 0 Å². The fourth-order valence-electron chi connectivity index (χ4n) is 1.65. The Morgan fingerprint density at radius 2 is 2.06 bits per heavy atom. The van der Waals surface area contributed by atoms with Crippen molar-refractivity contribution in [2.24, 2.45) is 0 Å². The lowest BCUT2D eigenvalue weighted by Crippen LogP contribution is -2.31. The summed E-state index contributed by atoms with van der Waals surface area (Å²) in [6.07, 6.45) is 0.489. The zero-order chi connectivity index (χ0) is 13.5. The lowest BCUT2D eigenvalue weighted by Gasteiger charge is -2.15. The van der Waals surface area contributed by atoms with Gasteiger partial charge >= 0.3 is 0 Å². The van der Waals surface area contributed by atoms with Crippen molar-refractivity contribution in [1.82, 2.24) is 10.6 Å². The van der Waals surface area contributed by atoms with Gasteiger partial charge in [0.1, 0.15) is 0 Å². The zero-order valence-electron chi connectivity index (χ0n) is 11.2. The molecule has 0 saturated carbocycles. The smallest absolute Gasteiger partial charge is 0.221 e. The van der Waals surface area contributed by atoms with Crippen molar-refractivity contribution in [3.63, 3.8) is 0 Å². The molecule has 0 aromatic heterocycles. The van der Waals surface area contributed by atoms with E-state index in [9.17, 15) is 4.79 Å². The highest BCUT2D eigenvalue weighted by molar-refractivity contribution is 6.30. The first kappa shape index (κ1) is 15.0. The molecule has 1 atom stereocenters. The third kappa shape index (κ3) is 5.52. The number of carbonyl (C=O) groups excluding carboxylic acids is 1. The monoisotopic (exact) mass is 268 g/mol. The number of halogens is 1. The molecule has 0 aliphatic rings. The fourth-order valence-corrected chi connectivity index (χ4v) is 1.85. The lowest BCUT2D eigenvalue weighted by atomic mass is 10.1. The summed E-state index contributed by atoms with van der Waals surface area (Å²) in [6.45, 7) is 6.78. The third-order valence-electron chi connectivity index (χ3n) is 2.63. The number of carbonyl (C=O) groups is 1. The van der Waals surface area contributed by atoms with Crippen LogP contribution < -0.4 is 10.6 Å². The Kier molecular flexibility index (Phi) is 6.16. The quantitative estimate of drug-likeness (QED) is 0.833. The minimum atomic E-state index is -0.0183. The second-order valence-electron chi connectivity index (χ2n) is 4.70. The van der Waals surface area contributed by atoms with E-state index in [0.29, 0.717) is 24.0 Å². The molecule has 100 valence electrons. The Morgan fingerprint density at radius 3 is 2.67 bits per heavy atom. The highest BCUT2D eigenvalue weighted by Crippen LogP contribution is 2.17. The summed E-state index contributed by atoms with van der Waals surface area (Å²) in [5.41, 5.74) is 1.02. The van der Waals surface area contributed by atoms with E-state index in [4.69, 9.17) is 11.6 Å². The molecule has 0 saturated heterocycles. The predicted octanol–water partition coefficient (Wildman–Crippen LogP) is 2.91. The number of benzene rings is 1. The van der Waals surface area contributed by atoms with Crippen LogP contribution >= 0.6 is 11.6 Å². The molecule has 0 heterocycles. The maximum Gasteiger partial charge on any atom is 0.221 e. The van der Waals surface area contributed by atoms with Gasteiger partial charge in [0.05, 0.1) is 6.04 Å². The van der Waals surface area contributed by atoms with Gasteiger partial charge in [-0.25, -0.2) is 0 Å². The summed E-state index contributed by atoms with van der Waals surface area (Å²) >= 11 is 5.92. The van der Waals surface area contributed by atoms with E-state index in [1.54, 1.807) is 0 Å². The van der Waals surface area contributed by atoms with Gasteiger partial charge in [-0.3, -0.25) is 4.79 Å². The summed E-state index contributed by atoms with van der Waals surface area (Å²) in [6, 6.07) is 7.94. The Balaban J connectivity index is 2.40. The zero-order valence-corrected chi connectivity index (χ0v) is 11.9. The van der Waals surface area contributed by atoms with Crippen LogP contribution in [0.4, 0.5) is 0 Å². The Labute approximate surface area is 114 Å². The molecular weight excluding hydrogens is 248 g/mol. The maximum atomic E-state index is 11.7. The first-order valence-electron chi connectivity index (χ1n) is 6.27. The van der Waals surface area contributed by atoms with Crippen molar-refractivity contribution in [2.75, 3.05) is 6.54 Å². The summed E-state index contributed by atoms with van der Waals surface area (Å²) in [4.78, 5) is 11.7. The van der Waals surface area contributed by atoms with Crippen LogP contribution in [0.5, 0.6) is 0 Å². The summed E-state index contributed by atoms with van der Waals surface area (Å²) in [5.74, 6) is 0.0515. The summed E-state index contributed by atoms with van der Waals surface area (Å²) in [7, 11) is 0. The average Bonchev–Trinajstić information content (AvgIpc) is 2.28. The summed E-state index contributed by atoms with van der Waals surface area (Å²) in [5, 5.41) is 6.87. The van der Waals surface area contributed by atoms with Crippen molar-refractivity contribution >= 4 is 17.5 Å². The van der Waals surface area contributed by atoms with Crippen molar-refractivity contribution in [2.45, 2.75) is 39.3 Å². The second kappa shape index (κ2) is 7.39. The standard InChI is InChI=1S/C14H21ClN2O/c1-10(2)16-8-7-14(18)17-11(3)12-5-4-6-13(15)9-12/h4-6,9-11,16H,7-8H2,1-3H3,(H,17,18)/t11-/m0/s1. The van der Waals surface area contributed by atoms with Gasteiger partial charge in [0.2, 0.25) is 5.91 Å². The van der Waals surface area contributed by atoms with Crippen LogP contribution in [0.15, 0.2) is 24.3 Å². The van der Waals surface area contributed by atoms with Crippen LogP contribution in [0.1, 0.15) is 38.8 Å². The SMILES string of the molecule is CC(C)NCCC(=O)N[C@@H](C)c1cccc(Cl)c1. The van der Waals surface area contributed by atoms with E-state index in [1.807, 2.05) is 31.2 Å². The largest absolute Gasteiger partial charge is 0.350 e. The maximum absolute atomic E-state index is 11.7. The molecule has 1 amide bonds. The molecule has 0 spiro atoms. The van der Waals surface area contributed by atoms with Gasteiger partial charge in [0.25, 0.3) is 0 Å². The minimum absolute atomic E-state index is 0.0183. The van der Waals surface area contributed by atoms with E-state index in [2.05, 4.69) is 24.5 Å². The van der Waals surface area contributed by atoms with Crippen LogP contribution in [0.25, 0.3) is 0 Å². The number of rotatable bonds is 6. The molecule has 1 aromatic carbocycles. The molecule has 1 rings (SSSR count). The molecule has 0 aliphatic carbocycles. The molecule has 0 aliphatic heterocycles. The van der Waals surface area contributed by atoms with Crippen molar-refractivity contribution in [1.29, 1.82) is 0 Å². The van der Waals surface area contributed by atoms with Crippen molar-refractivity contribution < 1.29 is 4.79 Å². The van der Waals surface area contributed by atoms with Crippen molar-refractivity contribution in [3.8, 4) is 0 Å². The second-order valence-corrected chi connectivity index (χ2v) is 5.14. The van der Waals surface area contributed by atoms with Gasteiger partial charge in [-0.1, -0.05) is 37.6 Å². The van der Waals surface area contributed by atoms with Crippen LogP contribution in [-0.4, -0.2) is 18.5 Å². The van der Waals surface area contributed by atoms with Crippen LogP contribution in [0, 0.1) is 0 Å². The van der Waals surface area contributed by atoms with Gasteiger partial charge < -0.3 is 10.6 Å². The Hall–Kier alpha value is -1.06. The molecule has 0 radical (unpaired) electrons. The number of hydrogen-bond donors (Lipinski definition) is 2. The Bertz CT molecular complexity index is 393. The van der Waals surface area contributed by atoms with E-state index in [0.717, 1.165) is 5.56 Å². The van der Waals surface area contributed by atoms with E-state index < -0.39 is 0 Å². The topological polar surface area (TPSA) is 41.1 Å². The normalized spacial score (nSPS) is 12.5. The van der Waals surface area contributed by atoms with E-state index in [-0.39, 0.29) is 11.9 Å². The summed E-state index contributed by atoms with van der Waals surface area (Å²) < 4.78 is 0. The first-order valence-corrected chi connectivity index (χ1v) is 6.65. The number of nitrogens with one attached hydrogen (secondary N) is 2. The van der Waals surface area contributed by atoms with Gasteiger partial charge in [-0.05, 0) is 24.6 Å². The number of hydrogen-bond acceptors (Lipinski definition) is 2. The van der Waals surface area contributed by atoms with Gasteiger partial charge in [0.15, 0.2) is 0 Å². The Morgan fingerprint density at radius 1 is 1.33 bits per heavy atom. The highest BCUT2D eigenvalue weighted by atomic mass is 35.5. The highest BCUT2D eigenvalue weighted by Gasteiger charge is 2.09. The van der Waals surface area contributed by atoms with Gasteiger partial charge in [0, 0.05) is 24.0 Å². The third-order valence-corrected chi connectivity index (χ3v) is 2.87. The molecule has 0 unspecified atom stereocenters. The van der Waals surface area contributed by atoms with E-state index >= 15 is 0 Å². The lowest BCUT2D eigenvalue weighted by molar-refractivity contribution is -0.121. The van der Waals surface area contributed by atoms with Crippen LogP contribution in [0.2, 0.25) is 5.02 Å². The molecule has 1 aromatic rings. The molecule has 0 bridgehead atoms. The average molecular weight is 269 g/mol. The number of amides is 1. The van der Waals surface area contributed by atoms with Gasteiger partial charge in [-0.2, -0.15) is 0 Å². The molecule has 2 N–H and O–H groups in total. The molecule has 0 fully saturated rings. The molecule has 4 heteroatoms. The van der Waals surface area contributed by atoms with Crippen molar-refractivity contribution in [3.05, 3.63) is 34.9 Å². The van der Waals surface area contributed by atoms with Crippen LogP contribution in [-0.2, 0) is 4.79 Å². The molecular formula is C14H21ClN2O.